The number of rotatable bonds is 3. The molecule has 5 nitrogen and oxygen atoms in total. The lowest BCUT2D eigenvalue weighted by atomic mass is 10.1. The van der Waals surface area contributed by atoms with Crippen LogP contribution in [0.4, 0.5) is 0 Å². The van der Waals surface area contributed by atoms with Crippen LogP contribution >= 0.6 is 0 Å². The van der Waals surface area contributed by atoms with Crippen molar-refractivity contribution in [2.24, 2.45) is 0 Å². The second-order valence-corrected chi connectivity index (χ2v) is 4.69. The fourth-order valence-corrected chi connectivity index (χ4v) is 2.14. The van der Waals surface area contributed by atoms with Crippen molar-refractivity contribution < 1.29 is 9.90 Å². The van der Waals surface area contributed by atoms with Crippen LogP contribution in [-0.2, 0) is 6.42 Å². The summed E-state index contributed by atoms with van der Waals surface area (Å²) in [7, 11) is 0. The Balaban J connectivity index is 1.95. The monoisotopic (exact) mass is 279 g/mol. The molecule has 0 bridgehead atoms. The van der Waals surface area contributed by atoms with Gasteiger partial charge in [0.25, 0.3) is 5.56 Å². The van der Waals surface area contributed by atoms with Gasteiger partial charge in [0.05, 0.1) is 17.0 Å². The van der Waals surface area contributed by atoms with Gasteiger partial charge in [0.2, 0.25) is 0 Å². The molecule has 0 aliphatic rings. The van der Waals surface area contributed by atoms with Crippen molar-refractivity contribution in [2.75, 3.05) is 0 Å². The fraction of sp³-hybridized carbons (Fsp3) is 0.0625. The molecule has 3 rings (SSSR count). The maximum Gasteiger partial charge on any atom is 0.270 e. The number of carboxylic acid groups (broad SMARTS) is 1. The molecule has 21 heavy (non-hydrogen) atoms. The highest BCUT2D eigenvalue weighted by atomic mass is 16.4. The van der Waals surface area contributed by atoms with Crippen molar-refractivity contribution in [3.05, 3.63) is 75.7 Å². The molecule has 0 saturated heterocycles. The van der Waals surface area contributed by atoms with E-state index in [1.807, 2.05) is 18.2 Å². The van der Waals surface area contributed by atoms with Crippen molar-refractivity contribution in [1.29, 1.82) is 0 Å². The predicted octanol–water partition coefficient (Wildman–Crippen LogP) is 0.877. The Morgan fingerprint density at radius 2 is 1.81 bits per heavy atom. The third-order valence-electron chi connectivity index (χ3n) is 3.23. The number of para-hydroxylation sites is 2. The maximum atomic E-state index is 12.0. The number of nitrogens with one attached hydrogen (secondary N) is 1. The lowest BCUT2D eigenvalue weighted by Crippen LogP contribution is -2.22. The Morgan fingerprint density at radius 1 is 1.10 bits per heavy atom. The molecule has 0 amide bonds. The van der Waals surface area contributed by atoms with E-state index in [0.717, 1.165) is 11.1 Å². The average molecular weight is 279 g/mol. The minimum Gasteiger partial charge on any atom is -0.545 e. The summed E-state index contributed by atoms with van der Waals surface area (Å²) in [6.07, 6.45) is 0.341. The molecule has 1 N–H and O–H groups in total. The summed E-state index contributed by atoms with van der Waals surface area (Å²) in [6, 6.07) is 13.5. The van der Waals surface area contributed by atoms with Crippen LogP contribution in [-0.4, -0.2) is 15.9 Å². The fourth-order valence-electron chi connectivity index (χ4n) is 2.14. The number of hydrogen-bond donors (Lipinski definition) is 1. The Bertz CT molecular complexity index is 867. The molecule has 3 aromatic rings. The molecule has 5 heteroatoms. The number of aromatic carboxylic acids is 1. The Kier molecular flexibility index (Phi) is 3.23. The Hall–Kier alpha value is -2.95. The lowest BCUT2D eigenvalue weighted by Gasteiger charge is -2.05. The molecule has 0 aliphatic carbocycles. The predicted molar refractivity (Wildman–Crippen MR) is 75.9 cm³/mol. The van der Waals surface area contributed by atoms with Crippen LogP contribution in [0.5, 0.6) is 0 Å². The molecule has 0 unspecified atom stereocenters. The van der Waals surface area contributed by atoms with Crippen LogP contribution in [0.25, 0.3) is 11.0 Å². The van der Waals surface area contributed by atoms with Gasteiger partial charge in [-0.2, -0.15) is 0 Å². The first-order valence-corrected chi connectivity index (χ1v) is 6.42. The van der Waals surface area contributed by atoms with Crippen LogP contribution in [0, 0.1) is 0 Å². The van der Waals surface area contributed by atoms with Crippen LogP contribution in [0.1, 0.15) is 21.6 Å². The highest BCUT2D eigenvalue weighted by Gasteiger charge is 2.06. The largest absolute Gasteiger partial charge is 0.545 e. The van der Waals surface area contributed by atoms with Crippen molar-refractivity contribution in [3.8, 4) is 0 Å². The Morgan fingerprint density at radius 3 is 2.52 bits per heavy atom. The Labute approximate surface area is 119 Å². The van der Waals surface area contributed by atoms with Crippen LogP contribution in [0.3, 0.4) is 0 Å². The SMILES string of the molecule is O=C([O-])c1ccc(Cc2nc3ccccc3[nH]c2=O)cc1. The molecule has 104 valence electrons. The molecular formula is C16H11N2O3-. The molecule has 0 aliphatic heterocycles. The third kappa shape index (κ3) is 2.67. The van der Waals surface area contributed by atoms with E-state index in [-0.39, 0.29) is 11.1 Å². The van der Waals surface area contributed by atoms with Gasteiger partial charge in [0.1, 0.15) is 5.69 Å². The molecule has 0 spiro atoms. The molecule has 0 fully saturated rings. The van der Waals surface area contributed by atoms with Gasteiger partial charge in [-0.05, 0) is 23.3 Å². The van der Waals surface area contributed by atoms with Gasteiger partial charge < -0.3 is 14.9 Å². The summed E-state index contributed by atoms with van der Waals surface area (Å²) >= 11 is 0. The molecular weight excluding hydrogens is 268 g/mol. The number of hydrogen-bond acceptors (Lipinski definition) is 4. The van der Waals surface area contributed by atoms with E-state index < -0.39 is 5.97 Å². The number of H-pyrrole nitrogens is 1. The minimum absolute atomic E-state index is 0.110. The van der Waals surface area contributed by atoms with Gasteiger partial charge in [-0.15, -0.1) is 0 Å². The van der Waals surface area contributed by atoms with Crippen molar-refractivity contribution in [2.45, 2.75) is 6.42 Å². The summed E-state index contributed by atoms with van der Waals surface area (Å²) < 4.78 is 0. The molecule has 0 radical (unpaired) electrons. The number of benzene rings is 2. The van der Waals surface area contributed by atoms with E-state index in [4.69, 9.17) is 0 Å². The number of carbonyl (C=O) groups is 1. The van der Waals surface area contributed by atoms with E-state index in [1.165, 1.54) is 12.1 Å². The number of aromatic amines is 1. The van der Waals surface area contributed by atoms with Crippen LogP contribution in [0.2, 0.25) is 0 Å². The first-order chi connectivity index (χ1) is 10.1. The number of carboxylic acids is 1. The van der Waals surface area contributed by atoms with E-state index >= 15 is 0 Å². The molecule has 1 aromatic heterocycles. The summed E-state index contributed by atoms with van der Waals surface area (Å²) in [5, 5.41) is 10.7. The number of carbonyl (C=O) groups excluding carboxylic acids is 1. The second kappa shape index (κ2) is 5.20. The zero-order valence-corrected chi connectivity index (χ0v) is 11.0. The normalized spacial score (nSPS) is 10.7. The summed E-state index contributed by atoms with van der Waals surface area (Å²) in [6.45, 7) is 0. The first-order valence-electron chi connectivity index (χ1n) is 6.42. The summed E-state index contributed by atoms with van der Waals surface area (Å²) in [5.74, 6) is -1.22. The van der Waals surface area contributed by atoms with Gasteiger partial charge in [0, 0.05) is 6.42 Å². The van der Waals surface area contributed by atoms with E-state index in [0.29, 0.717) is 17.6 Å². The van der Waals surface area contributed by atoms with E-state index in [9.17, 15) is 14.7 Å². The van der Waals surface area contributed by atoms with E-state index in [1.54, 1.807) is 18.2 Å². The maximum absolute atomic E-state index is 12.0. The van der Waals surface area contributed by atoms with Crippen LogP contribution in [0.15, 0.2) is 53.3 Å². The van der Waals surface area contributed by atoms with Crippen LogP contribution < -0.4 is 10.7 Å². The van der Waals surface area contributed by atoms with Gasteiger partial charge in [-0.1, -0.05) is 36.4 Å². The summed E-state index contributed by atoms with van der Waals surface area (Å²) in [5.41, 5.74) is 2.50. The molecule has 0 saturated carbocycles. The number of aromatic nitrogens is 2. The molecule has 2 aromatic carbocycles. The van der Waals surface area contributed by atoms with Gasteiger partial charge in [-0.25, -0.2) is 4.98 Å². The molecule has 1 heterocycles. The number of nitrogens with zero attached hydrogens (tertiary/aromatic N) is 1. The first kappa shape index (κ1) is 13.1. The highest BCUT2D eigenvalue weighted by molar-refractivity contribution is 5.85. The van der Waals surface area contributed by atoms with Crippen molar-refractivity contribution >= 4 is 17.0 Å². The quantitative estimate of drug-likeness (QED) is 0.771. The summed E-state index contributed by atoms with van der Waals surface area (Å²) in [4.78, 5) is 29.8. The van der Waals surface area contributed by atoms with Crippen molar-refractivity contribution in [1.82, 2.24) is 9.97 Å². The van der Waals surface area contributed by atoms with Gasteiger partial charge in [-0.3, -0.25) is 4.79 Å². The number of fused-ring (bicyclic) bond motifs is 1. The van der Waals surface area contributed by atoms with Gasteiger partial charge in [0.15, 0.2) is 0 Å². The zero-order chi connectivity index (χ0) is 14.8. The average Bonchev–Trinajstić information content (AvgIpc) is 2.48. The highest BCUT2D eigenvalue weighted by Crippen LogP contribution is 2.10. The molecule has 0 atom stereocenters. The van der Waals surface area contributed by atoms with Gasteiger partial charge >= 0.3 is 0 Å². The minimum atomic E-state index is -1.22. The van der Waals surface area contributed by atoms with Crippen molar-refractivity contribution in [3.63, 3.8) is 0 Å². The second-order valence-electron chi connectivity index (χ2n) is 4.69. The smallest absolute Gasteiger partial charge is 0.270 e. The standard InChI is InChI=1S/C16H12N2O3/c19-15-14(17-12-3-1-2-4-13(12)18-15)9-10-5-7-11(8-6-10)16(20)21/h1-8H,9H2,(H,18,19)(H,20,21)/p-1. The zero-order valence-electron chi connectivity index (χ0n) is 11.0. The lowest BCUT2D eigenvalue weighted by molar-refractivity contribution is -0.255. The van der Waals surface area contributed by atoms with E-state index in [2.05, 4.69) is 9.97 Å². The third-order valence-corrected chi connectivity index (χ3v) is 3.23. The topological polar surface area (TPSA) is 85.9 Å².